The largest absolute Gasteiger partial charge is 0.465 e. The van der Waals surface area contributed by atoms with Crippen molar-refractivity contribution in [3.05, 3.63) is 46.7 Å². The summed E-state index contributed by atoms with van der Waals surface area (Å²) in [6.45, 7) is 7.75. The topological polar surface area (TPSA) is 42.4 Å². The Balaban J connectivity index is 1.96. The molecule has 0 radical (unpaired) electrons. The van der Waals surface area contributed by atoms with Crippen LogP contribution in [0.5, 0.6) is 0 Å². The van der Waals surface area contributed by atoms with E-state index in [0.29, 0.717) is 0 Å². The Kier molecular flexibility index (Phi) is 4.22. The summed E-state index contributed by atoms with van der Waals surface area (Å²) in [5.74, 6) is 1.79. The van der Waals surface area contributed by atoms with Crippen LogP contribution in [0.4, 0.5) is 0 Å². The highest BCUT2D eigenvalue weighted by Gasteiger charge is 2.11. The fourth-order valence-electron chi connectivity index (χ4n) is 2.14. The van der Waals surface area contributed by atoms with Gasteiger partial charge in [-0.2, -0.15) is 0 Å². The molecule has 4 nitrogen and oxygen atoms in total. The van der Waals surface area contributed by atoms with E-state index in [1.165, 1.54) is 11.1 Å². The molecule has 0 unspecified atom stereocenters. The molecule has 0 aliphatic carbocycles. The van der Waals surface area contributed by atoms with Crippen LogP contribution in [-0.4, -0.2) is 23.6 Å². The molecule has 0 atom stereocenters. The molecule has 0 aliphatic heterocycles. The average molecular weight is 260 g/mol. The highest BCUT2D eigenvalue weighted by molar-refractivity contribution is 5.46. The van der Waals surface area contributed by atoms with Gasteiger partial charge < -0.3 is 8.94 Å². The second kappa shape index (κ2) is 5.89. The summed E-state index contributed by atoms with van der Waals surface area (Å²) in [5.41, 5.74) is 3.40. The van der Waals surface area contributed by atoms with Crippen molar-refractivity contribution in [2.24, 2.45) is 0 Å². The summed E-state index contributed by atoms with van der Waals surface area (Å²) in [6.07, 6.45) is 3.75. The fraction of sp³-hybridized carbons (Fsp3) is 0.400. The van der Waals surface area contributed by atoms with Crippen LogP contribution in [0.3, 0.4) is 0 Å². The van der Waals surface area contributed by atoms with Gasteiger partial charge in [-0.3, -0.25) is 4.90 Å². The number of rotatable bonds is 5. The Morgan fingerprint density at radius 1 is 1.42 bits per heavy atom. The number of nitrogens with zero attached hydrogens (tertiary/aromatic N) is 2. The predicted octanol–water partition coefficient (Wildman–Crippen LogP) is 3.42. The molecule has 0 aliphatic rings. The number of hydrogen-bond donors (Lipinski definition) is 0. The lowest BCUT2D eigenvalue weighted by atomic mass is 10.2. The molecule has 19 heavy (non-hydrogen) atoms. The van der Waals surface area contributed by atoms with E-state index in [-0.39, 0.29) is 0 Å². The van der Waals surface area contributed by atoms with Crippen molar-refractivity contribution in [3.63, 3.8) is 0 Å². The van der Waals surface area contributed by atoms with Gasteiger partial charge in [0.2, 0.25) is 0 Å². The summed E-state index contributed by atoms with van der Waals surface area (Å²) in [5, 5.41) is 3.98. The molecule has 4 heteroatoms. The van der Waals surface area contributed by atoms with E-state index in [2.05, 4.69) is 30.1 Å². The van der Waals surface area contributed by atoms with Crippen LogP contribution < -0.4 is 0 Å². The summed E-state index contributed by atoms with van der Waals surface area (Å²) in [6, 6.07) is 3.85. The molecule has 2 rings (SSSR count). The van der Waals surface area contributed by atoms with E-state index in [4.69, 9.17) is 8.94 Å². The van der Waals surface area contributed by atoms with Gasteiger partial charge in [-0.15, -0.1) is 0 Å². The summed E-state index contributed by atoms with van der Waals surface area (Å²) < 4.78 is 10.5. The second-order valence-corrected chi connectivity index (χ2v) is 4.98. The predicted molar refractivity (Wildman–Crippen MR) is 74.7 cm³/mol. The van der Waals surface area contributed by atoms with E-state index >= 15 is 0 Å². The molecular weight excluding hydrogens is 240 g/mol. The van der Waals surface area contributed by atoms with Gasteiger partial charge in [0.25, 0.3) is 0 Å². The second-order valence-electron chi connectivity index (χ2n) is 4.98. The van der Waals surface area contributed by atoms with Crippen LogP contribution in [0.1, 0.15) is 29.7 Å². The maximum Gasteiger partial charge on any atom is 0.138 e. The van der Waals surface area contributed by atoms with Crippen LogP contribution in [-0.2, 0) is 6.54 Å². The molecule has 2 aromatic heterocycles. The summed E-state index contributed by atoms with van der Waals surface area (Å²) in [4.78, 5) is 2.24. The molecule has 0 aromatic carbocycles. The lowest BCUT2D eigenvalue weighted by molar-refractivity contribution is 0.348. The van der Waals surface area contributed by atoms with Gasteiger partial charge >= 0.3 is 0 Å². The van der Waals surface area contributed by atoms with Crippen molar-refractivity contribution in [1.29, 1.82) is 0 Å². The number of hydrogen-bond acceptors (Lipinski definition) is 4. The Morgan fingerprint density at radius 3 is 2.79 bits per heavy atom. The highest BCUT2D eigenvalue weighted by Crippen LogP contribution is 2.15. The SMILES string of the molecule is CC(=Cc1ccco1)CN(C)Cc1c(C)noc1C. The molecule has 0 bridgehead atoms. The lowest BCUT2D eigenvalue weighted by Crippen LogP contribution is -2.20. The third kappa shape index (κ3) is 3.58. The minimum atomic E-state index is 0.838. The van der Waals surface area contributed by atoms with Gasteiger partial charge in [0, 0.05) is 18.7 Å². The quantitative estimate of drug-likeness (QED) is 0.826. The van der Waals surface area contributed by atoms with Gasteiger partial charge in [0.1, 0.15) is 11.5 Å². The Bertz CT molecular complexity index is 533. The first-order valence-electron chi connectivity index (χ1n) is 6.37. The number of likely N-dealkylation sites (N-methyl/N-ethyl adjacent to an activating group) is 1. The molecule has 2 aromatic rings. The van der Waals surface area contributed by atoms with E-state index in [1.807, 2.05) is 26.0 Å². The number of furan rings is 1. The van der Waals surface area contributed by atoms with Gasteiger partial charge in [0.05, 0.1) is 12.0 Å². The van der Waals surface area contributed by atoms with Gasteiger partial charge in [-0.25, -0.2) is 0 Å². The van der Waals surface area contributed by atoms with E-state index in [0.717, 1.165) is 30.3 Å². The third-order valence-electron chi connectivity index (χ3n) is 3.06. The molecule has 0 spiro atoms. The molecule has 0 fully saturated rings. The van der Waals surface area contributed by atoms with Gasteiger partial charge in [-0.05, 0) is 46.0 Å². The molecule has 0 amide bonds. The van der Waals surface area contributed by atoms with Gasteiger partial charge in [-0.1, -0.05) is 10.7 Å². The zero-order chi connectivity index (χ0) is 13.8. The fourth-order valence-corrected chi connectivity index (χ4v) is 2.14. The molecule has 102 valence electrons. The standard InChI is InChI=1S/C15H20N2O2/c1-11(8-14-6-5-7-18-14)9-17(4)10-15-12(2)16-19-13(15)3/h5-8H,9-10H2,1-4H3. The Hall–Kier alpha value is -1.81. The molecule has 0 N–H and O–H groups in total. The third-order valence-corrected chi connectivity index (χ3v) is 3.06. The minimum absolute atomic E-state index is 0.838. The number of aryl methyl sites for hydroxylation is 2. The van der Waals surface area contributed by atoms with Crippen LogP contribution in [0.25, 0.3) is 6.08 Å². The monoisotopic (exact) mass is 260 g/mol. The van der Waals surface area contributed by atoms with Crippen LogP contribution in [0.2, 0.25) is 0 Å². The zero-order valence-electron chi connectivity index (χ0n) is 11.9. The molecule has 0 saturated heterocycles. The Morgan fingerprint density at radius 2 is 2.21 bits per heavy atom. The van der Waals surface area contributed by atoms with Crippen LogP contribution >= 0.6 is 0 Å². The zero-order valence-corrected chi connectivity index (χ0v) is 11.9. The van der Waals surface area contributed by atoms with Crippen molar-refractivity contribution >= 4 is 6.08 Å². The number of aromatic nitrogens is 1. The summed E-state index contributed by atoms with van der Waals surface area (Å²) >= 11 is 0. The molecule has 2 heterocycles. The first-order valence-corrected chi connectivity index (χ1v) is 6.37. The van der Waals surface area contributed by atoms with Crippen molar-refractivity contribution in [1.82, 2.24) is 10.1 Å². The lowest BCUT2D eigenvalue weighted by Gasteiger charge is -2.16. The van der Waals surface area contributed by atoms with E-state index < -0.39 is 0 Å². The maximum atomic E-state index is 5.31. The van der Waals surface area contributed by atoms with Crippen molar-refractivity contribution in [2.75, 3.05) is 13.6 Å². The van der Waals surface area contributed by atoms with Gasteiger partial charge in [0.15, 0.2) is 0 Å². The molecular formula is C15H20N2O2. The first-order chi connectivity index (χ1) is 9.06. The Labute approximate surface area is 113 Å². The minimum Gasteiger partial charge on any atom is -0.465 e. The summed E-state index contributed by atoms with van der Waals surface area (Å²) in [7, 11) is 2.09. The smallest absolute Gasteiger partial charge is 0.138 e. The van der Waals surface area contributed by atoms with Crippen molar-refractivity contribution in [3.8, 4) is 0 Å². The normalized spacial score (nSPS) is 12.4. The van der Waals surface area contributed by atoms with Crippen molar-refractivity contribution < 1.29 is 8.94 Å². The van der Waals surface area contributed by atoms with E-state index in [1.54, 1.807) is 6.26 Å². The highest BCUT2D eigenvalue weighted by atomic mass is 16.5. The van der Waals surface area contributed by atoms with Crippen LogP contribution in [0.15, 0.2) is 32.9 Å². The average Bonchev–Trinajstić information content (AvgIpc) is 2.94. The van der Waals surface area contributed by atoms with E-state index in [9.17, 15) is 0 Å². The first kappa shape index (κ1) is 13.6. The maximum absolute atomic E-state index is 5.31. The molecule has 0 saturated carbocycles. The van der Waals surface area contributed by atoms with Crippen LogP contribution in [0, 0.1) is 13.8 Å². The van der Waals surface area contributed by atoms with Crippen molar-refractivity contribution in [2.45, 2.75) is 27.3 Å².